The smallest absolute Gasteiger partial charge is 0.268 e. The average Bonchev–Trinajstić information content (AvgIpc) is 2.92. The maximum absolute atomic E-state index is 12.5. The molecule has 0 saturated carbocycles. The van der Waals surface area contributed by atoms with Crippen molar-refractivity contribution in [3.05, 3.63) is 79.2 Å². The fourth-order valence-corrected chi connectivity index (χ4v) is 3.58. The molecule has 1 heterocycles. The van der Waals surface area contributed by atoms with Gasteiger partial charge in [-0.15, -0.1) is 11.3 Å². The first-order valence-corrected chi connectivity index (χ1v) is 9.19. The van der Waals surface area contributed by atoms with E-state index in [-0.39, 0.29) is 11.5 Å². The second-order valence-electron chi connectivity index (χ2n) is 6.06. The fraction of sp³-hybridized carbons (Fsp3) is 0.143. The number of methoxy groups -OCH3 is 1. The first-order chi connectivity index (χ1) is 13.0. The van der Waals surface area contributed by atoms with Gasteiger partial charge in [0.25, 0.3) is 11.5 Å². The Bertz CT molecular complexity index is 1140. The van der Waals surface area contributed by atoms with Gasteiger partial charge in [-0.3, -0.25) is 9.59 Å². The van der Waals surface area contributed by atoms with E-state index in [2.05, 4.69) is 5.32 Å². The zero-order valence-corrected chi connectivity index (χ0v) is 16.2. The Morgan fingerprint density at radius 1 is 1.15 bits per heavy atom. The summed E-state index contributed by atoms with van der Waals surface area (Å²) in [7, 11) is 3.21. The molecule has 1 aromatic heterocycles. The summed E-state index contributed by atoms with van der Waals surface area (Å²) in [4.78, 5) is 24.8. The van der Waals surface area contributed by atoms with Crippen LogP contribution in [0.4, 0.5) is 5.69 Å². The van der Waals surface area contributed by atoms with Crippen LogP contribution in [0.2, 0.25) is 0 Å². The monoisotopic (exact) mass is 380 g/mol. The van der Waals surface area contributed by atoms with E-state index < -0.39 is 0 Å². The predicted molar refractivity (Wildman–Crippen MR) is 110 cm³/mol. The topological polar surface area (TPSA) is 60.3 Å². The lowest BCUT2D eigenvalue weighted by molar-refractivity contribution is -0.110. The van der Waals surface area contributed by atoms with E-state index in [9.17, 15) is 9.59 Å². The zero-order valence-electron chi connectivity index (χ0n) is 15.4. The van der Waals surface area contributed by atoms with Gasteiger partial charge in [0, 0.05) is 13.1 Å². The molecular formula is C21H20N2O3S. The summed E-state index contributed by atoms with van der Waals surface area (Å²) >= 11 is 1.28. The number of rotatable bonds is 4. The van der Waals surface area contributed by atoms with Crippen LogP contribution < -0.4 is 24.8 Å². The van der Waals surface area contributed by atoms with E-state index in [0.717, 1.165) is 11.1 Å². The Morgan fingerprint density at radius 2 is 1.85 bits per heavy atom. The number of carbonyl (C=O) groups excluding carboxylic acids is 1. The van der Waals surface area contributed by atoms with E-state index in [1.54, 1.807) is 26.3 Å². The third kappa shape index (κ3) is 4.35. The first kappa shape index (κ1) is 18.7. The van der Waals surface area contributed by atoms with Gasteiger partial charge in [0.05, 0.1) is 17.3 Å². The molecule has 3 aromatic rings. The number of para-hydroxylation sites is 2. The highest BCUT2D eigenvalue weighted by molar-refractivity contribution is 7.07. The van der Waals surface area contributed by atoms with Gasteiger partial charge < -0.3 is 14.6 Å². The second-order valence-corrected chi connectivity index (χ2v) is 7.12. The van der Waals surface area contributed by atoms with Crippen molar-refractivity contribution >= 4 is 35.1 Å². The number of carbonyl (C=O) groups is 1. The summed E-state index contributed by atoms with van der Waals surface area (Å²) in [5, 5.41) is 2.78. The quantitative estimate of drug-likeness (QED) is 0.753. The van der Waals surface area contributed by atoms with Crippen LogP contribution in [0.25, 0.3) is 12.2 Å². The number of hydrogen-bond donors (Lipinski definition) is 1. The molecule has 0 bridgehead atoms. The number of aromatic nitrogens is 1. The van der Waals surface area contributed by atoms with Crippen LogP contribution >= 0.6 is 11.3 Å². The second kappa shape index (κ2) is 8.05. The molecule has 6 heteroatoms. The van der Waals surface area contributed by atoms with Gasteiger partial charge >= 0.3 is 0 Å². The maximum atomic E-state index is 12.5. The molecular weight excluding hydrogens is 360 g/mol. The molecule has 0 radical (unpaired) electrons. The highest BCUT2D eigenvalue weighted by atomic mass is 32.1. The van der Waals surface area contributed by atoms with E-state index in [1.807, 2.05) is 49.4 Å². The molecule has 3 rings (SSSR count). The summed E-state index contributed by atoms with van der Waals surface area (Å²) in [6.45, 7) is 2.02. The molecule has 0 saturated heterocycles. The van der Waals surface area contributed by atoms with Crippen LogP contribution in [0, 0.1) is 6.92 Å². The number of hydrogen-bond acceptors (Lipinski definition) is 4. The van der Waals surface area contributed by atoms with Crippen molar-refractivity contribution < 1.29 is 9.53 Å². The molecule has 0 aliphatic rings. The van der Waals surface area contributed by atoms with Crippen molar-refractivity contribution in [2.45, 2.75) is 6.92 Å². The van der Waals surface area contributed by atoms with Gasteiger partial charge in [0.15, 0.2) is 0 Å². The molecule has 0 fully saturated rings. The minimum absolute atomic E-state index is 0.128. The number of ether oxygens (including phenoxy) is 1. The van der Waals surface area contributed by atoms with Gasteiger partial charge in [-0.1, -0.05) is 42.0 Å². The minimum Gasteiger partial charge on any atom is -0.495 e. The number of thiazole rings is 1. The summed E-state index contributed by atoms with van der Waals surface area (Å²) in [5.41, 5.74) is 2.56. The van der Waals surface area contributed by atoms with Gasteiger partial charge in [-0.05, 0) is 30.7 Å². The molecule has 0 aliphatic carbocycles. The van der Waals surface area contributed by atoms with Crippen molar-refractivity contribution in [2.24, 2.45) is 7.05 Å². The molecule has 1 amide bonds. The molecule has 1 N–H and O–H groups in total. The highest BCUT2D eigenvalue weighted by Gasteiger charge is 2.06. The standard InChI is InChI=1S/C21H20N2O3S/c1-14-8-10-15(11-9-14)12-18-21(25)23(2)20(27-18)13-19(24)22-16-6-4-5-7-17(16)26-3/h4-13H,1-3H3,(H,22,24)/b18-12-,20-13-. The first-order valence-electron chi connectivity index (χ1n) is 8.38. The Labute approximate surface area is 160 Å². The molecule has 0 unspecified atom stereocenters. The average molecular weight is 380 g/mol. The van der Waals surface area contributed by atoms with E-state index >= 15 is 0 Å². The molecule has 0 aliphatic heterocycles. The van der Waals surface area contributed by atoms with Crippen LogP contribution in [0.15, 0.2) is 53.3 Å². The van der Waals surface area contributed by atoms with E-state index in [4.69, 9.17) is 4.74 Å². The molecule has 138 valence electrons. The Morgan fingerprint density at radius 3 is 2.56 bits per heavy atom. The summed E-state index contributed by atoms with van der Waals surface area (Å²) in [6.07, 6.45) is 3.26. The maximum Gasteiger partial charge on any atom is 0.268 e. The third-order valence-corrected chi connectivity index (χ3v) is 5.17. The van der Waals surface area contributed by atoms with Crippen LogP contribution in [0.3, 0.4) is 0 Å². The normalized spacial score (nSPS) is 12.3. The van der Waals surface area contributed by atoms with Crippen LogP contribution in [0.5, 0.6) is 5.75 Å². The zero-order chi connectivity index (χ0) is 19.4. The van der Waals surface area contributed by atoms with Gasteiger partial charge in [-0.25, -0.2) is 0 Å². The Hall–Kier alpha value is -3.12. The molecule has 27 heavy (non-hydrogen) atoms. The van der Waals surface area contributed by atoms with Crippen LogP contribution in [0.1, 0.15) is 11.1 Å². The molecule has 0 atom stereocenters. The predicted octanol–water partition coefficient (Wildman–Crippen LogP) is 2.01. The van der Waals surface area contributed by atoms with Crippen molar-refractivity contribution in [1.82, 2.24) is 4.57 Å². The van der Waals surface area contributed by atoms with E-state index in [1.165, 1.54) is 22.0 Å². The minimum atomic E-state index is -0.321. The lowest BCUT2D eigenvalue weighted by atomic mass is 10.1. The van der Waals surface area contributed by atoms with Gasteiger partial charge in [-0.2, -0.15) is 0 Å². The third-order valence-electron chi connectivity index (χ3n) is 4.06. The highest BCUT2D eigenvalue weighted by Crippen LogP contribution is 2.22. The number of nitrogens with one attached hydrogen (secondary N) is 1. The van der Waals surface area contributed by atoms with Gasteiger partial charge in [0.2, 0.25) is 0 Å². The van der Waals surface area contributed by atoms with Crippen molar-refractivity contribution in [3.63, 3.8) is 0 Å². The Kier molecular flexibility index (Phi) is 5.57. The number of anilines is 1. The van der Waals surface area contributed by atoms with Crippen molar-refractivity contribution in [2.75, 3.05) is 12.4 Å². The van der Waals surface area contributed by atoms with Crippen LogP contribution in [-0.2, 0) is 11.8 Å². The SMILES string of the molecule is COc1ccccc1NC(=O)/C=c1\s/c(=C\c2ccc(C)cc2)c(=O)n1C. The number of aryl methyl sites for hydroxylation is 1. The number of amides is 1. The molecule has 0 spiro atoms. The Balaban J connectivity index is 1.94. The van der Waals surface area contributed by atoms with E-state index in [0.29, 0.717) is 20.6 Å². The van der Waals surface area contributed by atoms with Crippen LogP contribution in [-0.4, -0.2) is 17.6 Å². The number of benzene rings is 2. The number of nitrogens with zero attached hydrogens (tertiary/aromatic N) is 1. The largest absolute Gasteiger partial charge is 0.495 e. The lowest BCUT2D eigenvalue weighted by Gasteiger charge is -2.07. The lowest BCUT2D eigenvalue weighted by Crippen LogP contribution is -2.29. The fourth-order valence-electron chi connectivity index (χ4n) is 2.55. The van der Waals surface area contributed by atoms with Crippen molar-refractivity contribution in [3.8, 4) is 5.75 Å². The summed E-state index contributed by atoms with van der Waals surface area (Å²) in [5.74, 6) is 0.256. The summed E-state index contributed by atoms with van der Waals surface area (Å²) in [6, 6.07) is 15.1. The van der Waals surface area contributed by atoms with Gasteiger partial charge in [0.1, 0.15) is 10.4 Å². The molecule has 2 aromatic carbocycles. The molecule has 5 nitrogen and oxygen atoms in total. The summed E-state index contributed by atoms with van der Waals surface area (Å²) < 4.78 is 7.87. The van der Waals surface area contributed by atoms with Crippen molar-refractivity contribution in [1.29, 1.82) is 0 Å².